The molecule has 1 unspecified atom stereocenters. The second kappa shape index (κ2) is 6.70. The Hall–Kier alpha value is -0.960. The molecule has 0 N–H and O–H groups in total. The van der Waals surface area contributed by atoms with Crippen molar-refractivity contribution in [3.05, 3.63) is 35.4 Å². The standard InChI is InChI=1S/C14H21NOS/c1-5-8-13(11(4)16)15-10-17-14(9-6-2)12(15)7-3/h6-7,9,13H,3,5,8,10H2,1-2,4H3/b9-6-. The van der Waals surface area contributed by atoms with Crippen LogP contribution in [0.25, 0.3) is 0 Å². The molecule has 2 nitrogen and oxygen atoms in total. The van der Waals surface area contributed by atoms with Crippen LogP contribution < -0.4 is 0 Å². The molecule has 1 aliphatic heterocycles. The zero-order chi connectivity index (χ0) is 12.8. The average molecular weight is 251 g/mol. The van der Waals surface area contributed by atoms with Crippen molar-refractivity contribution in [3.8, 4) is 0 Å². The van der Waals surface area contributed by atoms with E-state index >= 15 is 0 Å². The molecule has 1 rings (SSSR count). The number of hydrogen-bond acceptors (Lipinski definition) is 3. The smallest absolute Gasteiger partial charge is 0.152 e. The van der Waals surface area contributed by atoms with Gasteiger partial charge in [0, 0.05) is 4.91 Å². The fourth-order valence-corrected chi connectivity index (χ4v) is 3.21. The van der Waals surface area contributed by atoms with E-state index in [-0.39, 0.29) is 11.8 Å². The first-order chi connectivity index (χ1) is 8.15. The third-order valence-electron chi connectivity index (χ3n) is 2.84. The molecule has 0 saturated carbocycles. The van der Waals surface area contributed by atoms with E-state index in [1.807, 2.05) is 19.1 Å². The molecule has 0 aliphatic carbocycles. The van der Waals surface area contributed by atoms with Gasteiger partial charge in [-0.15, -0.1) is 11.8 Å². The summed E-state index contributed by atoms with van der Waals surface area (Å²) in [5.74, 6) is 1.10. The van der Waals surface area contributed by atoms with Gasteiger partial charge in [-0.05, 0) is 26.3 Å². The quantitative estimate of drug-likeness (QED) is 0.717. The minimum Gasteiger partial charge on any atom is -0.351 e. The highest BCUT2D eigenvalue weighted by molar-refractivity contribution is 8.03. The summed E-state index contributed by atoms with van der Waals surface area (Å²) in [4.78, 5) is 15.1. The van der Waals surface area contributed by atoms with Gasteiger partial charge in [0.1, 0.15) is 0 Å². The zero-order valence-electron chi connectivity index (χ0n) is 10.9. The third-order valence-corrected chi connectivity index (χ3v) is 3.90. The van der Waals surface area contributed by atoms with E-state index in [9.17, 15) is 4.79 Å². The van der Waals surface area contributed by atoms with Crippen molar-refractivity contribution in [1.82, 2.24) is 4.90 Å². The summed E-state index contributed by atoms with van der Waals surface area (Å²) in [5.41, 5.74) is 1.10. The molecule has 1 aliphatic rings. The summed E-state index contributed by atoms with van der Waals surface area (Å²) >= 11 is 1.77. The maximum Gasteiger partial charge on any atom is 0.152 e. The normalized spacial score (nSPS) is 17.9. The molecule has 1 atom stereocenters. The Balaban J connectivity index is 2.97. The van der Waals surface area contributed by atoms with E-state index in [1.165, 1.54) is 4.91 Å². The number of rotatable bonds is 6. The minimum absolute atomic E-state index is 0.00301. The lowest BCUT2D eigenvalue weighted by Crippen LogP contribution is -2.37. The Labute approximate surface area is 108 Å². The fourth-order valence-electron chi connectivity index (χ4n) is 2.04. The topological polar surface area (TPSA) is 20.3 Å². The third kappa shape index (κ3) is 3.25. The van der Waals surface area contributed by atoms with Crippen LogP contribution in [-0.4, -0.2) is 22.6 Å². The summed E-state index contributed by atoms with van der Waals surface area (Å²) < 4.78 is 0. The Morgan fingerprint density at radius 3 is 2.82 bits per heavy atom. The Morgan fingerprint density at radius 2 is 2.35 bits per heavy atom. The second-order valence-corrected chi connectivity index (χ2v) is 5.10. The molecule has 1 heterocycles. The predicted octanol–water partition coefficient (Wildman–Crippen LogP) is 3.72. The van der Waals surface area contributed by atoms with E-state index in [1.54, 1.807) is 18.7 Å². The highest BCUT2D eigenvalue weighted by Gasteiger charge is 2.28. The van der Waals surface area contributed by atoms with Crippen molar-refractivity contribution in [1.29, 1.82) is 0 Å². The first kappa shape index (κ1) is 14.1. The lowest BCUT2D eigenvalue weighted by atomic mass is 10.1. The molecular formula is C14H21NOS. The number of carbonyl (C=O) groups excluding carboxylic acids is 1. The lowest BCUT2D eigenvalue weighted by molar-refractivity contribution is -0.121. The zero-order valence-corrected chi connectivity index (χ0v) is 11.7. The number of hydrogen-bond donors (Lipinski definition) is 0. The summed E-state index contributed by atoms with van der Waals surface area (Å²) in [6.45, 7) is 9.67. The van der Waals surface area contributed by atoms with Gasteiger partial charge in [0.15, 0.2) is 5.78 Å². The van der Waals surface area contributed by atoms with Crippen LogP contribution in [0.5, 0.6) is 0 Å². The maximum atomic E-state index is 11.7. The molecule has 3 heteroatoms. The highest BCUT2D eigenvalue weighted by Crippen LogP contribution is 2.35. The lowest BCUT2D eigenvalue weighted by Gasteiger charge is -2.28. The van der Waals surface area contributed by atoms with E-state index in [2.05, 4.69) is 24.5 Å². The number of carbonyl (C=O) groups is 1. The van der Waals surface area contributed by atoms with E-state index in [4.69, 9.17) is 0 Å². The monoisotopic (exact) mass is 251 g/mol. The number of allylic oxidation sites excluding steroid dienone is 3. The summed E-state index contributed by atoms with van der Waals surface area (Å²) in [6.07, 6.45) is 7.91. The largest absolute Gasteiger partial charge is 0.351 e. The molecule has 0 amide bonds. The van der Waals surface area contributed by atoms with Crippen molar-refractivity contribution in [2.75, 3.05) is 5.88 Å². The van der Waals surface area contributed by atoms with E-state index in [0.29, 0.717) is 0 Å². The molecule has 0 fully saturated rings. The van der Waals surface area contributed by atoms with Crippen LogP contribution in [-0.2, 0) is 4.79 Å². The molecule has 0 aromatic carbocycles. The number of ketones is 1. The van der Waals surface area contributed by atoms with Crippen LogP contribution in [0.15, 0.2) is 35.4 Å². The first-order valence-corrected chi connectivity index (χ1v) is 7.03. The predicted molar refractivity (Wildman–Crippen MR) is 75.7 cm³/mol. The summed E-state index contributed by atoms with van der Waals surface area (Å²) in [7, 11) is 0. The van der Waals surface area contributed by atoms with Crippen molar-refractivity contribution < 1.29 is 4.79 Å². The molecule has 0 saturated heterocycles. The molecular weight excluding hydrogens is 230 g/mol. The summed E-state index contributed by atoms with van der Waals surface area (Å²) in [6, 6.07) is 0.00301. The van der Waals surface area contributed by atoms with E-state index < -0.39 is 0 Å². The Morgan fingerprint density at radius 1 is 1.65 bits per heavy atom. The molecule has 0 aromatic rings. The number of Topliss-reactive ketones (excluding diaryl/α,β-unsaturated/α-hetero) is 1. The van der Waals surface area contributed by atoms with Gasteiger partial charge in [-0.2, -0.15) is 0 Å². The number of nitrogens with zero attached hydrogens (tertiary/aromatic N) is 1. The van der Waals surface area contributed by atoms with Crippen LogP contribution in [0, 0.1) is 0 Å². The molecule has 0 radical (unpaired) electrons. The van der Waals surface area contributed by atoms with Crippen LogP contribution in [0.4, 0.5) is 0 Å². The van der Waals surface area contributed by atoms with Crippen molar-refractivity contribution in [2.24, 2.45) is 0 Å². The molecule has 0 spiro atoms. The molecule has 0 bridgehead atoms. The molecule has 17 heavy (non-hydrogen) atoms. The average Bonchev–Trinajstić information content (AvgIpc) is 2.68. The van der Waals surface area contributed by atoms with Gasteiger partial charge in [0.2, 0.25) is 0 Å². The maximum absolute atomic E-state index is 11.7. The van der Waals surface area contributed by atoms with Crippen LogP contribution in [0.3, 0.4) is 0 Å². The first-order valence-electron chi connectivity index (χ1n) is 6.05. The SMILES string of the molecule is C=CC1=C(/C=C\C)SCN1C(CCC)C(C)=O. The van der Waals surface area contributed by atoms with Crippen molar-refractivity contribution in [3.63, 3.8) is 0 Å². The minimum atomic E-state index is 0.00301. The van der Waals surface area contributed by atoms with Gasteiger partial charge in [0.05, 0.1) is 17.6 Å². The van der Waals surface area contributed by atoms with Crippen LogP contribution in [0.2, 0.25) is 0 Å². The Kier molecular flexibility index (Phi) is 5.56. The van der Waals surface area contributed by atoms with Gasteiger partial charge in [-0.3, -0.25) is 4.79 Å². The fraction of sp³-hybridized carbons (Fsp3) is 0.500. The van der Waals surface area contributed by atoms with Gasteiger partial charge >= 0.3 is 0 Å². The van der Waals surface area contributed by atoms with Crippen molar-refractivity contribution in [2.45, 2.75) is 39.7 Å². The highest BCUT2D eigenvalue weighted by atomic mass is 32.2. The molecule has 94 valence electrons. The Bertz CT molecular complexity index is 357. The number of thioether (sulfide) groups is 1. The van der Waals surface area contributed by atoms with E-state index in [0.717, 1.165) is 24.4 Å². The van der Waals surface area contributed by atoms with Gasteiger partial charge in [0.25, 0.3) is 0 Å². The van der Waals surface area contributed by atoms with Gasteiger partial charge in [-0.25, -0.2) is 0 Å². The van der Waals surface area contributed by atoms with Crippen LogP contribution in [0.1, 0.15) is 33.6 Å². The molecule has 0 aromatic heterocycles. The van der Waals surface area contributed by atoms with Gasteiger partial charge in [-0.1, -0.05) is 32.1 Å². The van der Waals surface area contributed by atoms with Gasteiger partial charge < -0.3 is 4.90 Å². The van der Waals surface area contributed by atoms with Crippen molar-refractivity contribution >= 4 is 17.5 Å². The van der Waals surface area contributed by atoms with Crippen LogP contribution >= 0.6 is 11.8 Å². The second-order valence-electron chi connectivity index (χ2n) is 4.11. The summed E-state index contributed by atoms with van der Waals surface area (Å²) in [5, 5.41) is 0.